The highest BCUT2D eigenvalue weighted by molar-refractivity contribution is 7.89. The lowest BCUT2D eigenvalue weighted by Crippen LogP contribution is -2.37. The van der Waals surface area contributed by atoms with Crippen molar-refractivity contribution in [2.24, 2.45) is 0 Å². The van der Waals surface area contributed by atoms with Crippen LogP contribution < -0.4 is 10.1 Å². The highest BCUT2D eigenvalue weighted by Crippen LogP contribution is 2.25. The van der Waals surface area contributed by atoms with Gasteiger partial charge in [-0.15, -0.1) is 0 Å². The quantitative estimate of drug-likeness (QED) is 0.741. The molecule has 0 aromatic heterocycles. The first-order valence-corrected chi connectivity index (χ1v) is 11.1. The van der Waals surface area contributed by atoms with Crippen LogP contribution in [-0.2, 0) is 27.8 Å². The van der Waals surface area contributed by atoms with E-state index in [1.807, 2.05) is 25.1 Å². The van der Waals surface area contributed by atoms with Crippen molar-refractivity contribution in [2.75, 3.05) is 24.2 Å². The molecule has 150 valence electrons. The molecular weight excluding hydrogens is 400 g/mol. The third-order valence-corrected chi connectivity index (χ3v) is 6.78. The van der Waals surface area contributed by atoms with Crippen LogP contribution >= 0.6 is 11.6 Å². The molecule has 1 heterocycles. The maximum absolute atomic E-state index is 12.3. The summed E-state index contributed by atoms with van der Waals surface area (Å²) in [6.45, 7) is 2.56. The fourth-order valence-electron chi connectivity index (χ4n) is 3.11. The Labute approximate surface area is 170 Å². The van der Waals surface area contributed by atoms with Gasteiger partial charge >= 0.3 is 0 Å². The number of nitrogens with zero attached hydrogens (tertiary/aromatic N) is 1. The van der Waals surface area contributed by atoms with Crippen molar-refractivity contribution < 1.29 is 17.9 Å². The molecule has 0 saturated carbocycles. The van der Waals surface area contributed by atoms with Crippen molar-refractivity contribution in [3.8, 4) is 5.75 Å². The lowest BCUT2D eigenvalue weighted by atomic mass is 10.0. The molecule has 0 unspecified atom stereocenters. The van der Waals surface area contributed by atoms with Gasteiger partial charge in [-0.1, -0.05) is 24.6 Å². The number of rotatable bonds is 7. The van der Waals surface area contributed by atoms with E-state index in [-0.39, 0.29) is 18.3 Å². The standard InChI is InChI=1S/C20H23ClN2O4S/c1-2-11-28(25,26)23-10-9-15-3-6-18(12-16(15)13-23)22-20(24)14-27-19-7-4-17(21)5-8-19/h3-8,12H,2,9-11,13-14H2,1H3,(H,22,24). The van der Waals surface area contributed by atoms with Crippen LogP contribution in [0.1, 0.15) is 24.5 Å². The molecular formula is C20H23ClN2O4S. The van der Waals surface area contributed by atoms with E-state index in [1.165, 1.54) is 4.31 Å². The molecule has 1 amide bonds. The minimum atomic E-state index is -3.24. The Morgan fingerprint density at radius 3 is 2.64 bits per heavy atom. The summed E-state index contributed by atoms with van der Waals surface area (Å²) < 4.78 is 31.6. The zero-order chi connectivity index (χ0) is 20.1. The summed E-state index contributed by atoms with van der Waals surface area (Å²) in [7, 11) is -3.24. The van der Waals surface area contributed by atoms with Crippen LogP contribution in [-0.4, -0.2) is 37.5 Å². The van der Waals surface area contributed by atoms with Crippen LogP contribution in [0.25, 0.3) is 0 Å². The molecule has 0 bridgehead atoms. The Kier molecular flexibility index (Phi) is 6.59. The predicted octanol–water partition coefficient (Wildman–Crippen LogP) is 3.46. The molecule has 2 aromatic rings. The van der Waals surface area contributed by atoms with Gasteiger partial charge in [0.05, 0.1) is 5.75 Å². The summed E-state index contributed by atoms with van der Waals surface area (Å²) in [5, 5.41) is 3.39. The number of hydrogen-bond acceptors (Lipinski definition) is 4. The molecule has 0 saturated heterocycles. The second-order valence-electron chi connectivity index (χ2n) is 6.67. The van der Waals surface area contributed by atoms with Crippen LogP contribution in [0.5, 0.6) is 5.75 Å². The number of carbonyl (C=O) groups is 1. The van der Waals surface area contributed by atoms with Gasteiger partial charge in [0.2, 0.25) is 10.0 Å². The van der Waals surface area contributed by atoms with E-state index in [9.17, 15) is 13.2 Å². The van der Waals surface area contributed by atoms with Crippen molar-refractivity contribution >= 4 is 33.2 Å². The minimum absolute atomic E-state index is 0.129. The molecule has 1 aliphatic heterocycles. The van der Waals surface area contributed by atoms with Crippen LogP contribution in [0.3, 0.4) is 0 Å². The summed E-state index contributed by atoms with van der Waals surface area (Å²) >= 11 is 5.82. The Bertz CT molecular complexity index is 945. The molecule has 6 nitrogen and oxygen atoms in total. The highest BCUT2D eigenvalue weighted by atomic mass is 35.5. The number of carbonyl (C=O) groups excluding carboxylic acids is 1. The van der Waals surface area contributed by atoms with E-state index in [4.69, 9.17) is 16.3 Å². The third kappa shape index (κ3) is 5.25. The second kappa shape index (κ2) is 8.94. The van der Waals surface area contributed by atoms with Gasteiger partial charge in [0.25, 0.3) is 5.91 Å². The number of sulfonamides is 1. The normalized spacial score (nSPS) is 14.4. The molecule has 0 aliphatic carbocycles. The summed E-state index contributed by atoms with van der Waals surface area (Å²) in [6.07, 6.45) is 1.27. The van der Waals surface area contributed by atoms with E-state index < -0.39 is 10.0 Å². The fourth-order valence-corrected chi connectivity index (χ4v) is 4.72. The van der Waals surface area contributed by atoms with Crippen LogP contribution in [0.2, 0.25) is 5.02 Å². The largest absolute Gasteiger partial charge is 0.484 e. The zero-order valence-corrected chi connectivity index (χ0v) is 17.2. The Morgan fingerprint density at radius 1 is 1.18 bits per heavy atom. The Hall–Kier alpha value is -2.09. The summed E-state index contributed by atoms with van der Waals surface area (Å²) in [4.78, 5) is 12.2. The monoisotopic (exact) mass is 422 g/mol. The summed E-state index contributed by atoms with van der Waals surface area (Å²) in [5.74, 6) is 0.420. The number of benzene rings is 2. The van der Waals surface area contributed by atoms with Gasteiger partial charge in [-0.05, 0) is 60.4 Å². The van der Waals surface area contributed by atoms with E-state index in [0.29, 0.717) is 42.4 Å². The molecule has 2 aromatic carbocycles. The van der Waals surface area contributed by atoms with Gasteiger partial charge in [0.1, 0.15) is 5.75 Å². The average Bonchev–Trinajstić information content (AvgIpc) is 2.67. The van der Waals surface area contributed by atoms with Crippen LogP contribution in [0.4, 0.5) is 5.69 Å². The molecule has 0 atom stereocenters. The van der Waals surface area contributed by atoms with E-state index in [1.54, 1.807) is 24.3 Å². The Balaban J connectivity index is 1.61. The van der Waals surface area contributed by atoms with Crippen molar-refractivity contribution in [1.29, 1.82) is 0 Å². The first-order chi connectivity index (χ1) is 13.4. The van der Waals surface area contributed by atoms with Crippen LogP contribution in [0.15, 0.2) is 42.5 Å². The number of hydrogen-bond donors (Lipinski definition) is 1. The average molecular weight is 423 g/mol. The molecule has 1 aliphatic rings. The molecule has 0 radical (unpaired) electrons. The minimum Gasteiger partial charge on any atom is -0.484 e. The maximum Gasteiger partial charge on any atom is 0.262 e. The number of nitrogens with one attached hydrogen (secondary N) is 1. The highest BCUT2D eigenvalue weighted by Gasteiger charge is 2.26. The van der Waals surface area contributed by atoms with Crippen molar-refractivity contribution in [3.63, 3.8) is 0 Å². The number of ether oxygens (including phenoxy) is 1. The number of anilines is 1. The van der Waals surface area contributed by atoms with E-state index in [2.05, 4.69) is 5.32 Å². The van der Waals surface area contributed by atoms with Crippen molar-refractivity contribution in [2.45, 2.75) is 26.3 Å². The topological polar surface area (TPSA) is 75.7 Å². The van der Waals surface area contributed by atoms with Gasteiger partial charge in [0, 0.05) is 23.8 Å². The molecule has 0 spiro atoms. The van der Waals surface area contributed by atoms with Gasteiger partial charge in [-0.25, -0.2) is 8.42 Å². The molecule has 28 heavy (non-hydrogen) atoms. The molecule has 0 fully saturated rings. The SMILES string of the molecule is CCCS(=O)(=O)N1CCc2ccc(NC(=O)COc3ccc(Cl)cc3)cc2C1. The van der Waals surface area contributed by atoms with Crippen molar-refractivity contribution in [3.05, 3.63) is 58.6 Å². The summed E-state index contributed by atoms with van der Waals surface area (Å²) in [5.41, 5.74) is 2.65. The lowest BCUT2D eigenvalue weighted by Gasteiger charge is -2.28. The molecule has 1 N–H and O–H groups in total. The number of amides is 1. The van der Waals surface area contributed by atoms with Gasteiger partial charge < -0.3 is 10.1 Å². The summed E-state index contributed by atoms with van der Waals surface area (Å²) in [6, 6.07) is 12.4. The lowest BCUT2D eigenvalue weighted by molar-refractivity contribution is -0.118. The maximum atomic E-state index is 12.3. The Morgan fingerprint density at radius 2 is 1.93 bits per heavy atom. The van der Waals surface area contributed by atoms with E-state index in [0.717, 1.165) is 11.1 Å². The van der Waals surface area contributed by atoms with Gasteiger partial charge in [-0.2, -0.15) is 4.31 Å². The molecule has 8 heteroatoms. The molecule has 3 rings (SSSR count). The first kappa shape index (κ1) is 20.6. The van der Waals surface area contributed by atoms with Crippen LogP contribution in [0, 0.1) is 0 Å². The smallest absolute Gasteiger partial charge is 0.262 e. The number of halogens is 1. The van der Waals surface area contributed by atoms with Gasteiger partial charge in [0.15, 0.2) is 6.61 Å². The predicted molar refractivity (Wildman–Crippen MR) is 110 cm³/mol. The second-order valence-corrected chi connectivity index (χ2v) is 9.20. The first-order valence-electron chi connectivity index (χ1n) is 9.15. The van der Waals surface area contributed by atoms with E-state index >= 15 is 0 Å². The fraction of sp³-hybridized carbons (Fsp3) is 0.350. The third-order valence-electron chi connectivity index (χ3n) is 4.51. The number of fused-ring (bicyclic) bond motifs is 1. The van der Waals surface area contributed by atoms with Gasteiger partial charge in [-0.3, -0.25) is 4.79 Å². The zero-order valence-electron chi connectivity index (χ0n) is 15.7. The van der Waals surface area contributed by atoms with Crippen molar-refractivity contribution in [1.82, 2.24) is 4.31 Å².